The van der Waals surface area contributed by atoms with Gasteiger partial charge in [-0.1, -0.05) is 24.3 Å². The van der Waals surface area contributed by atoms with Gasteiger partial charge in [0.2, 0.25) is 0 Å². The minimum atomic E-state index is -4.99. The van der Waals surface area contributed by atoms with Gasteiger partial charge in [-0.25, -0.2) is 9.78 Å². The van der Waals surface area contributed by atoms with Gasteiger partial charge >= 0.3 is 18.1 Å². The van der Waals surface area contributed by atoms with E-state index in [0.717, 1.165) is 16.9 Å². The van der Waals surface area contributed by atoms with Crippen molar-refractivity contribution in [3.63, 3.8) is 0 Å². The van der Waals surface area contributed by atoms with E-state index >= 15 is 0 Å². The van der Waals surface area contributed by atoms with Crippen LogP contribution < -0.4 is 10.1 Å². The van der Waals surface area contributed by atoms with Crippen LogP contribution in [0.2, 0.25) is 0 Å². The Morgan fingerprint density at radius 1 is 1.10 bits per heavy atom. The maximum Gasteiger partial charge on any atom is 0.471 e. The molecule has 0 aliphatic carbocycles. The summed E-state index contributed by atoms with van der Waals surface area (Å²) < 4.78 is 47.7. The molecule has 0 saturated carbocycles. The van der Waals surface area contributed by atoms with Crippen molar-refractivity contribution >= 4 is 28.3 Å². The first kappa shape index (κ1) is 21.3. The molecular weight excluding hydrogens is 421 g/mol. The fourth-order valence-electron chi connectivity index (χ4n) is 2.44. The molecule has 0 spiro atoms. The lowest BCUT2D eigenvalue weighted by atomic mass is 10.1. The molecule has 3 aromatic rings. The van der Waals surface area contributed by atoms with E-state index in [0.29, 0.717) is 22.6 Å². The smallest absolute Gasteiger partial charge is 0.471 e. The van der Waals surface area contributed by atoms with Crippen LogP contribution in [0, 0.1) is 0 Å². The van der Waals surface area contributed by atoms with Gasteiger partial charge < -0.3 is 9.47 Å². The van der Waals surface area contributed by atoms with Gasteiger partial charge in [0.25, 0.3) is 0 Å². The molecule has 1 heterocycles. The van der Waals surface area contributed by atoms with Gasteiger partial charge in [0, 0.05) is 10.9 Å². The molecular formula is C20H15F3N2O4S. The number of carbonyl (C=O) groups excluding carboxylic acids is 2. The van der Waals surface area contributed by atoms with Crippen molar-refractivity contribution < 1.29 is 32.2 Å². The highest BCUT2D eigenvalue weighted by Crippen LogP contribution is 2.33. The third-order valence-electron chi connectivity index (χ3n) is 3.91. The lowest BCUT2D eigenvalue weighted by Crippen LogP contribution is -2.29. The average molecular weight is 436 g/mol. The molecule has 0 bridgehead atoms. The molecule has 2 aromatic carbocycles. The number of hydrogen-bond donors (Lipinski definition) is 1. The van der Waals surface area contributed by atoms with E-state index in [1.807, 2.05) is 0 Å². The van der Waals surface area contributed by atoms with Crippen LogP contribution in [0.15, 0.2) is 53.9 Å². The predicted molar refractivity (Wildman–Crippen MR) is 104 cm³/mol. The summed E-state index contributed by atoms with van der Waals surface area (Å²) in [5.41, 5.74) is 2.15. The van der Waals surface area contributed by atoms with Crippen LogP contribution in [-0.2, 0) is 16.1 Å². The summed E-state index contributed by atoms with van der Waals surface area (Å²) in [5, 5.41) is 3.09. The second-order valence-corrected chi connectivity index (χ2v) is 6.82. The molecule has 0 unspecified atom stereocenters. The largest absolute Gasteiger partial charge is 0.488 e. The lowest BCUT2D eigenvalue weighted by molar-refractivity contribution is -0.167. The molecule has 3 rings (SSSR count). The van der Waals surface area contributed by atoms with Crippen molar-refractivity contribution in [2.45, 2.75) is 12.8 Å². The Morgan fingerprint density at radius 3 is 2.47 bits per heavy atom. The zero-order valence-corrected chi connectivity index (χ0v) is 16.3. The quantitative estimate of drug-likeness (QED) is 0.568. The number of thiazole rings is 1. The highest BCUT2D eigenvalue weighted by atomic mass is 32.1. The Bertz CT molecular complexity index is 1050. The number of nitrogens with zero attached hydrogens (tertiary/aromatic N) is 1. The van der Waals surface area contributed by atoms with E-state index in [4.69, 9.17) is 4.74 Å². The summed E-state index contributed by atoms with van der Waals surface area (Å²) in [5.74, 6) is -2.05. The number of esters is 1. The number of amides is 1. The summed E-state index contributed by atoms with van der Waals surface area (Å²) >= 11 is 0.876. The lowest BCUT2D eigenvalue weighted by Gasteiger charge is -2.10. The monoisotopic (exact) mass is 436 g/mol. The number of hydrogen-bond acceptors (Lipinski definition) is 6. The molecule has 1 aromatic heterocycles. The van der Waals surface area contributed by atoms with Gasteiger partial charge in [0.1, 0.15) is 12.4 Å². The summed E-state index contributed by atoms with van der Waals surface area (Å²) in [7, 11) is 1.30. The Balaban J connectivity index is 1.72. The van der Waals surface area contributed by atoms with Gasteiger partial charge in [-0.15, -0.1) is 11.3 Å². The maximum atomic E-state index is 12.4. The van der Waals surface area contributed by atoms with Gasteiger partial charge in [0.15, 0.2) is 5.13 Å². The highest BCUT2D eigenvalue weighted by molar-refractivity contribution is 7.14. The third kappa shape index (κ3) is 5.15. The molecule has 6 nitrogen and oxygen atoms in total. The number of rotatable bonds is 6. The first-order valence-corrected chi connectivity index (χ1v) is 9.39. The molecule has 1 N–H and O–H groups in total. The number of carbonyl (C=O) groups is 2. The van der Waals surface area contributed by atoms with E-state index in [1.165, 1.54) is 12.5 Å². The highest BCUT2D eigenvalue weighted by Gasteiger charge is 2.39. The average Bonchev–Trinajstić information content (AvgIpc) is 3.20. The SMILES string of the molecule is COC(=O)c1ccc(COc2ccccc2-c2csc(NC(=O)C(F)(F)F)n2)cc1. The Morgan fingerprint density at radius 2 is 1.80 bits per heavy atom. The summed E-state index contributed by atoms with van der Waals surface area (Å²) in [6, 6.07) is 13.6. The normalized spacial score (nSPS) is 11.1. The van der Waals surface area contributed by atoms with Crippen molar-refractivity contribution in [2.24, 2.45) is 0 Å². The van der Waals surface area contributed by atoms with Gasteiger partial charge in [0.05, 0.1) is 18.4 Å². The van der Waals surface area contributed by atoms with Crippen molar-refractivity contribution in [3.05, 3.63) is 65.0 Å². The number of para-hydroxylation sites is 1. The zero-order chi connectivity index (χ0) is 21.7. The number of benzene rings is 2. The first-order chi connectivity index (χ1) is 14.3. The molecule has 156 valence electrons. The van der Waals surface area contributed by atoms with E-state index in [2.05, 4.69) is 9.72 Å². The van der Waals surface area contributed by atoms with Crippen LogP contribution in [0.25, 0.3) is 11.3 Å². The Labute approximate surface area is 173 Å². The summed E-state index contributed by atoms with van der Waals surface area (Å²) in [4.78, 5) is 26.6. The van der Waals surface area contributed by atoms with Crippen molar-refractivity contribution in [2.75, 3.05) is 12.4 Å². The van der Waals surface area contributed by atoms with Crippen molar-refractivity contribution in [3.8, 4) is 17.0 Å². The van der Waals surface area contributed by atoms with Crippen LogP contribution in [0.4, 0.5) is 18.3 Å². The van der Waals surface area contributed by atoms with Gasteiger partial charge in [-0.3, -0.25) is 10.1 Å². The number of ether oxygens (including phenoxy) is 2. The van der Waals surface area contributed by atoms with Gasteiger partial charge in [-0.2, -0.15) is 13.2 Å². The van der Waals surface area contributed by atoms with Crippen LogP contribution in [0.3, 0.4) is 0 Å². The molecule has 0 aliphatic rings. The van der Waals surface area contributed by atoms with Crippen molar-refractivity contribution in [1.29, 1.82) is 0 Å². The summed E-state index contributed by atoms with van der Waals surface area (Å²) in [6.07, 6.45) is -4.99. The van der Waals surface area contributed by atoms with E-state index in [9.17, 15) is 22.8 Å². The van der Waals surface area contributed by atoms with Crippen LogP contribution in [-0.4, -0.2) is 30.1 Å². The van der Waals surface area contributed by atoms with E-state index in [1.54, 1.807) is 53.8 Å². The second kappa shape index (κ2) is 8.95. The molecule has 0 aliphatic heterocycles. The fourth-order valence-corrected chi connectivity index (χ4v) is 3.15. The first-order valence-electron chi connectivity index (χ1n) is 8.51. The molecule has 0 saturated heterocycles. The van der Waals surface area contributed by atoms with Crippen LogP contribution >= 0.6 is 11.3 Å². The molecule has 0 atom stereocenters. The maximum absolute atomic E-state index is 12.4. The molecule has 0 radical (unpaired) electrons. The molecule has 0 fully saturated rings. The van der Waals surface area contributed by atoms with E-state index in [-0.39, 0.29) is 11.7 Å². The number of halogens is 3. The fraction of sp³-hybridized carbons (Fsp3) is 0.150. The number of aromatic nitrogens is 1. The van der Waals surface area contributed by atoms with Crippen molar-refractivity contribution in [1.82, 2.24) is 4.98 Å². The number of nitrogens with one attached hydrogen (secondary N) is 1. The predicted octanol–water partition coefficient (Wildman–Crippen LogP) is 4.68. The number of anilines is 1. The second-order valence-electron chi connectivity index (χ2n) is 5.96. The van der Waals surface area contributed by atoms with E-state index < -0.39 is 18.1 Å². The minimum absolute atomic E-state index is 0.166. The Hall–Kier alpha value is -3.40. The molecule has 30 heavy (non-hydrogen) atoms. The molecule has 1 amide bonds. The van der Waals surface area contributed by atoms with Crippen LogP contribution in [0.1, 0.15) is 15.9 Å². The number of alkyl halides is 3. The third-order valence-corrected chi connectivity index (χ3v) is 4.67. The number of methoxy groups -OCH3 is 1. The van der Waals surface area contributed by atoms with Crippen LogP contribution in [0.5, 0.6) is 5.75 Å². The topological polar surface area (TPSA) is 77.5 Å². The Kier molecular flexibility index (Phi) is 6.36. The standard InChI is InChI=1S/C20H15F3N2O4S/c1-28-17(26)13-8-6-12(7-9-13)10-29-16-5-3-2-4-14(16)15-11-30-19(24-15)25-18(27)20(21,22)23/h2-9,11H,10H2,1H3,(H,24,25,27). The molecule has 10 heteroatoms. The minimum Gasteiger partial charge on any atom is -0.488 e. The zero-order valence-electron chi connectivity index (χ0n) is 15.5. The van der Waals surface area contributed by atoms with Gasteiger partial charge in [-0.05, 0) is 29.8 Å². The summed E-state index contributed by atoms with van der Waals surface area (Å²) in [6.45, 7) is 0.195.